The summed E-state index contributed by atoms with van der Waals surface area (Å²) in [5.74, 6) is 0.186. The molecule has 0 spiro atoms. The highest BCUT2D eigenvalue weighted by Gasteiger charge is 2.19. The van der Waals surface area contributed by atoms with E-state index in [4.69, 9.17) is 0 Å². The van der Waals surface area contributed by atoms with E-state index in [1.54, 1.807) is 18.2 Å². The molecule has 3 rings (SSSR count). The maximum atomic E-state index is 12.9. The van der Waals surface area contributed by atoms with Gasteiger partial charge in [-0.3, -0.25) is 4.79 Å². The van der Waals surface area contributed by atoms with Gasteiger partial charge >= 0.3 is 0 Å². The Morgan fingerprint density at radius 2 is 1.83 bits per heavy atom. The standard InChI is InChI=1S/C18H14BrFN2O/c19-15-4-2-1-3-13(15)11-16-18(23)22-17(21-16)10-7-12-5-8-14(20)9-6-12/h1-6,8-9,11H,7,10H2,(H,21,22,23)/b16-11-. The normalized spacial score (nSPS) is 15.7. The quantitative estimate of drug-likeness (QED) is 0.806. The number of rotatable bonds is 4. The highest BCUT2D eigenvalue weighted by atomic mass is 79.9. The summed E-state index contributed by atoms with van der Waals surface area (Å²) in [7, 11) is 0. The minimum atomic E-state index is -0.251. The molecule has 0 bridgehead atoms. The predicted molar refractivity (Wildman–Crippen MR) is 92.4 cm³/mol. The summed E-state index contributed by atoms with van der Waals surface area (Å²) in [5, 5.41) is 2.78. The van der Waals surface area contributed by atoms with Crippen LogP contribution in [0.1, 0.15) is 17.5 Å². The second kappa shape index (κ2) is 6.87. The molecular formula is C18H14BrFN2O. The summed E-state index contributed by atoms with van der Waals surface area (Å²) in [5.41, 5.74) is 2.30. The lowest BCUT2D eigenvalue weighted by Crippen LogP contribution is -2.24. The van der Waals surface area contributed by atoms with Gasteiger partial charge in [0, 0.05) is 10.9 Å². The van der Waals surface area contributed by atoms with Crippen molar-refractivity contribution in [1.82, 2.24) is 5.32 Å². The second-order valence-electron chi connectivity index (χ2n) is 5.19. The fourth-order valence-corrected chi connectivity index (χ4v) is 2.69. The van der Waals surface area contributed by atoms with Crippen LogP contribution < -0.4 is 5.32 Å². The van der Waals surface area contributed by atoms with Gasteiger partial charge in [0.2, 0.25) is 0 Å². The number of nitrogens with zero attached hydrogens (tertiary/aromatic N) is 1. The van der Waals surface area contributed by atoms with E-state index in [1.807, 2.05) is 24.3 Å². The summed E-state index contributed by atoms with van der Waals surface area (Å²) in [6, 6.07) is 14.0. The monoisotopic (exact) mass is 372 g/mol. The molecule has 1 aliphatic heterocycles. The van der Waals surface area contributed by atoms with E-state index in [1.165, 1.54) is 12.1 Å². The number of amidine groups is 1. The minimum Gasteiger partial charge on any atom is -0.309 e. The average molecular weight is 373 g/mol. The predicted octanol–water partition coefficient (Wildman–Crippen LogP) is 4.09. The van der Waals surface area contributed by atoms with Crippen molar-refractivity contribution in [2.24, 2.45) is 4.99 Å². The molecule has 1 heterocycles. The maximum absolute atomic E-state index is 12.9. The van der Waals surface area contributed by atoms with E-state index in [2.05, 4.69) is 26.2 Å². The van der Waals surface area contributed by atoms with E-state index in [0.717, 1.165) is 15.6 Å². The zero-order valence-electron chi connectivity index (χ0n) is 12.2. The second-order valence-corrected chi connectivity index (χ2v) is 6.04. The number of hydrogen-bond donors (Lipinski definition) is 1. The third kappa shape index (κ3) is 3.93. The van der Waals surface area contributed by atoms with Crippen LogP contribution in [-0.4, -0.2) is 11.7 Å². The SMILES string of the molecule is O=C1NC(CCc2ccc(F)cc2)=N/C1=C\c1ccccc1Br. The number of hydrogen-bond acceptors (Lipinski definition) is 2. The molecule has 0 radical (unpaired) electrons. The zero-order chi connectivity index (χ0) is 16.2. The molecule has 0 aliphatic carbocycles. The first-order chi connectivity index (χ1) is 11.1. The van der Waals surface area contributed by atoms with Crippen LogP contribution in [-0.2, 0) is 11.2 Å². The van der Waals surface area contributed by atoms with Crippen molar-refractivity contribution < 1.29 is 9.18 Å². The van der Waals surface area contributed by atoms with Gasteiger partial charge in [-0.25, -0.2) is 9.38 Å². The van der Waals surface area contributed by atoms with Crippen molar-refractivity contribution in [3.05, 3.63) is 75.6 Å². The number of nitrogens with one attached hydrogen (secondary N) is 1. The van der Waals surface area contributed by atoms with Crippen molar-refractivity contribution in [1.29, 1.82) is 0 Å². The summed E-state index contributed by atoms with van der Waals surface area (Å²) >= 11 is 3.45. The average Bonchev–Trinajstić information content (AvgIpc) is 2.89. The lowest BCUT2D eigenvalue weighted by molar-refractivity contribution is -0.115. The van der Waals surface area contributed by atoms with Gasteiger partial charge in [-0.1, -0.05) is 46.3 Å². The molecule has 0 saturated carbocycles. The number of aryl methyl sites for hydroxylation is 1. The fourth-order valence-electron chi connectivity index (χ4n) is 2.29. The van der Waals surface area contributed by atoms with Crippen molar-refractivity contribution >= 4 is 33.7 Å². The largest absolute Gasteiger partial charge is 0.309 e. The maximum Gasteiger partial charge on any atom is 0.275 e. The summed E-state index contributed by atoms with van der Waals surface area (Å²) in [6.45, 7) is 0. The van der Waals surface area contributed by atoms with Gasteiger partial charge in [0.25, 0.3) is 5.91 Å². The van der Waals surface area contributed by atoms with Crippen molar-refractivity contribution in [2.75, 3.05) is 0 Å². The molecule has 1 amide bonds. The van der Waals surface area contributed by atoms with Crippen LogP contribution in [0, 0.1) is 5.82 Å². The Morgan fingerprint density at radius 1 is 1.09 bits per heavy atom. The molecule has 23 heavy (non-hydrogen) atoms. The number of benzene rings is 2. The van der Waals surface area contributed by atoms with Crippen molar-refractivity contribution in [3.8, 4) is 0 Å². The Kier molecular flexibility index (Phi) is 4.67. The van der Waals surface area contributed by atoms with E-state index >= 15 is 0 Å². The smallest absolute Gasteiger partial charge is 0.275 e. The van der Waals surface area contributed by atoms with Crippen LogP contribution in [0.2, 0.25) is 0 Å². The highest BCUT2D eigenvalue weighted by Crippen LogP contribution is 2.21. The van der Waals surface area contributed by atoms with Gasteiger partial charge in [-0.05, 0) is 41.8 Å². The Bertz CT molecular complexity index is 797. The molecule has 0 saturated heterocycles. The minimum absolute atomic E-state index is 0.199. The van der Waals surface area contributed by atoms with Gasteiger partial charge < -0.3 is 5.32 Å². The number of carbonyl (C=O) groups is 1. The molecule has 0 atom stereocenters. The Balaban J connectivity index is 1.71. The number of halogens is 2. The molecule has 0 aromatic heterocycles. The summed E-state index contributed by atoms with van der Waals surface area (Å²) in [4.78, 5) is 16.4. The van der Waals surface area contributed by atoms with E-state index in [0.29, 0.717) is 24.4 Å². The van der Waals surface area contributed by atoms with E-state index in [9.17, 15) is 9.18 Å². The van der Waals surface area contributed by atoms with Crippen LogP contribution >= 0.6 is 15.9 Å². The lowest BCUT2D eigenvalue weighted by atomic mass is 10.1. The fraction of sp³-hybridized carbons (Fsp3) is 0.111. The molecule has 1 N–H and O–H groups in total. The van der Waals surface area contributed by atoms with Gasteiger partial charge in [0.15, 0.2) is 0 Å². The third-order valence-electron chi connectivity index (χ3n) is 3.51. The van der Waals surface area contributed by atoms with Crippen LogP contribution in [0.15, 0.2) is 63.7 Å². The van der Waals surface area contributed by atoms with E-state index < -0.39 is 0 Å². The molecule has 116 valence electrons. The molecule has 5 heteroatoms. The Labute approximate surface area is 142 Å². The molecule has 2 aromatic rings. The van der Waals surface area contributed by atoms with Gasteiger partial charge in [0.05, 0.1) is 0 Å². The van der Waals surface area contributed by atoms with Gasteiger partial charge in [-0.2, -0.15) is 0 Å². The molecule has 2 aromatic carbocycles. The first-order valence-corrected chi connectivity index (χ1v) is 8.01. The highest BCUT2D eigenvalue weighted by molar-refractivity contribution is 9.10. The number of aliphatic imine (C=N–C) groups is 1. The van der Waals surface area contributed by atoms with Gasteiger partial charge in [-0.15, -0.1) is 0 Å². The molecular weight excluding hydrogens is 359 g/mol. The first-order valence-electron chi connectivity index (χ1n) is 7.21. The number of amides is 1. The molecule has 0 unspecified atom stereocenters. The topological polar surface area (TPSA) is 41.5 Å². The van der Waals surface area contributed by atoms with E-state index in [-0.39, 0.29) is 11.7 Å². The van der Waals surface area contributed by atoms with Crippen LogP contribution in [0.5, 0.6) is 0 Å². The molecule has 0 fully saturated rings. The Morgan fingerprint density at radius 3 is 2.57 bits per heavy atom. The van der Waals surface area contributed by atoms with Crippen LogP contribution in [0.3, 0.4) is 0 Å². The molecule has 1 aliphatic rings. The van der Waals surface area contributed by atoms with Crippen LogP contribution in [0.4, 0.5) is 4.39 Å². The Hall–Kier alpha value is -2.27. The zero-order valence-corrected chi connectivity index (χ0v) is 13.8. The summed E-state index contributed by atoms with van der Waals surface area (Å²) in [6.07, 6.45) is 3.05. The lowest BCUT2D eigenvalue weighted by Gasteiger charge is -2.01. The third-order valence-corrected chi connectivity index (χ3v) is 4.23. The molecule has 3 nitrogen and oxygen atoms in total. The summed E-state index contributed by atoms with van der Waals surface area (Å²) < 4.78 is 13.8. The van der Waals surface area contributed by atoms with Crippen molar-refractivity contribution in [3.63, 3.8) is 0 Å². The van der Waals surface area contributed by atoms with Crippen LogP contribution in [0.25, 0.3) is 6.08 Å². The van der Waals surface area contributed by atoms with Crippen molar-refractivity contribution in [2.45, 2.75) is 12.8 Å². The van der Waals surface area contributed by atoms with Gasteiger partial charge in [0.1, 0.15) is 17.3 Å². The number of carbonyl (C=O) groups excluding carboxylic acids is 1. The first kappa shape index (κ1) is 15.6.